The van der Waals surface area contributed by atoms with Crippen LogP contribution in [0.15, 0.2) is 47.1 Å². The van der Waals surface area contributed by atoms with Crippen molar-refractivity contribution in [2.75, 3.05) is 13.1 Å². The topological polar surface area (TPSA) is 54.3 Å². The number of benzene rings is 2. The number of hydrogen-bond acceptors (Lipinski definition) is 3. The van der Waals surface area contributed by atoms with Crippen LogP contribution in [0.2, 0.25) is 5.02 Å². The number of nitrogens with zero attached hydrogens (tertiary/aromatic N) is 2. The number of ketones is 1. The van der Waals surface area contributed by atoms with Crippen molar-refractivity contribution in [2.24, 2.45) is 0 Å². The zero-order chi connectivity index (χ0) is 23.4. The maximum atomic E-state index is 14.0. The zero-order valence-electron chi connectivity index (χ0n) is 18.3. The Kier molecular flexibility index (Phi) is 8.09. The van der Waals surface area contributed by atoms with Crippen molar-refractivity contribution in [3.8, 4) is 0 Å². The van der Waals surface area contributed by atoms with Gasteiger partial charge >= 0.3 is 0 Å². The Morgan fingerprint density at radius 3 is 2.69 bits per heavy atom. The van der Waals surface area contributed by atoms with Crippen LogP contribution in [0.5, 0.6) is 0 Å². The van der Waals surface area contributed by atoms with Gasteiger partial charge in [0.25, 0.3) is 0 Å². The van der Waals surface area contributed by atoms with Gasteiger partial charge in [-0.2, -0.15) is 0 Å². The molecule has 0 aliphatic heterocycles. The Morgan fingerprint density at radius 2 is 2.00 bits per heavy atom. The van der Waals surface area contributed by atoms with Gasteiger partial charge in [-0.15, -0.1) is 0 Å². The number of fused-ring (bicyclic) bond motifs is 1. The molecule has 1 N–H and O–H groups in total. The number of carbonyl (C=O) groups is 2. The van der Waals surface area contributed by atoms with Crippen LogP contribution in [0.1, 0.15) is 36.7 Å². The molecule has 1 heterocycles. The smallest absolute Gasteiger partial charge is 0.234 e. The Morgan fingerprint density at radius 1 is 1.25 bits per heavy atom. The minimum Gasteiger partial charge on any atom is -0.351 e. The van der Waals surface area contributed by atoms with Crippen molar-refractivity contribution in [1.29, 1.82) is 0 Å². The summed E-state index contributed by atoms with van der Waals surface area (Å²) in [7, 11) is 0. The van der Waals surface area contributed by atoms with Crippen molar-refractivity contribution in [1.82, 2.24) is 14.8 Å². The molecule has 170 valence electrons. The van der Waals surface area contributed by atoms with Gasteiger partial charge in [0.05, 0.1) is 11.6 Å². The van der Waals surface area contributed by atoms with E-state index in [1.54, 1.807) is 19.1 Å². The Balaban J connectivity index is 1.66. The van der Waals surface area contributed by atoms with Gasteiger partial charge in [-0.25, -0.2) is 4.39 Å². The molecular weight excluding hydrogens is 497 g/mol. The van der Waals surface area contributed by atoms with E-state index in [0.717, 1.165) is 15.4 Å². The van der Waals surface area contributed by atoms with Crippen molar-refractivity contribution < 1.29 is 14.0 Å². The Hall–Kier alpha value is -2.22. The Labute approximate surface area is 200 Å². The van der Waals surface area contributed by atoms with E-state index in [1.807, 2.05) is 47.7 Å². The van der Waals surface area contributed by atoms with Crippen LogP contribution in [0, 0.1) is 5.82 Å². The lowest BCUT2D eigenvalue weighted by Gasteiger charge is -2.26. The highest BCUT2D eigenvalue weighted by Crippen LogP contribution is 2.26. The van der Waals surface area contributed by atoms with Gasteiger partial charge < -0.3 is 9.88 Å². The van der Waals surface area contributed by atoms with E-state index in [1.165, 1.54) is 6.07 Å². The van der Waals surface area contributed by atoms with E-state index in [2.05, 4.69) is 21.2 Å². The SMILES string of the molecule is CC(=O)c1cn(CCN(CC(=O)NCc2cccc(Cl)c2F)C(C)C)c2ccc(Br)cc12. The van der Waals surface area contributed by atoms with E-state index in [4.69, 9.17) is 11.6 Å². The van der Waals surface area contributed by atoms with Gasteiger partial charge in [0.1, 0.15) is 5.82 Å². The minimum atomic E-state index is -0.511. The summed E-state index contributed by atoms with van der Waals surface area (Å²) >= 11 is 9.27. The maximum absolute atomic E-state index is 14.0. The van der Waals surface area contributed by atoms with Crippen LogP contribution < -0.4 is 5.32 Å². The summed E-state index contributed by atoms with van der Waals surface area (Å²) < 4.78 is 17.0. The van der Waals surface area contributed by atoms with E-state index in [9.17, 15) is 14.0 Å². The molecule has 1 aromatic heterocycles. The van der Waals surface area contributed by atoms with E-state index < -0.39 is 5.82 Å². The van der Waals surface area contributed by atoms with Crippen molar-refractivity contribution >= 4 is 50.1 Å². The first-order valence-corrected chi connectivity index (χ1v) is 11.6. The zero-order valence-corrected chi connectivity index (χ0v) is 20.6. The summed E-state index contributed by atoms with van der Waals surface area (Å²) in [5, 5.41) is 3.71. The molecule has 0 fully saturated rings. The molecule has 0 atom stereocenters. The van der Waals surface area contributed by atoms with Crippen LogP contribution in [-0.4, -0.2) is 40.3 Å². The summed E-state index contributed by atoms with van der Waals surface area (Å²) in [6.07, 6.45) is 1.87. The second-order valence-electron chi connectivity index (χ2n) is 8.01. The molecule has 3 rings (SSSR count). The summed E-state index contributed by atoms with van der Waals surface area (Å²) in [6, 6.07) is 10.7. The molecule has 1 amide bonds. The number of nitrogens with one attached hydrogen (secondary N) is 1. The van der Waals surface area contributed by atoms with Crippen LogP contribution in [0.3, 0.4) is 0 Å². The number of rotatable bonds is 9. The van der Waals surface area contributed by atoms with Crippen LogP contribution in [0.4, 0.5) is 4.39 Å². The average Bonchev–Trinajstić information content (AvgIpc) is 3.09. The first-order chi connectivity index (χ1) is 15.2. The predicted octanol–water partition coefficient (Wildman–Crippen LogP) is 5.43. The molecule has 32 heavy (non-hydrogen) atoms. The van der Waals surface area contributed by atoms with Crippen LogP contribution in [-0.2, 0) is 17.9 Å². The molecule has 8 heteroatoms. The normalized spacial score (nSPS) is 11.5. The molecule has 3 aromatic rings. The fourth-order valence-corrected chi connectivity index (χ4v) is 4.17. The molecule has 0 spiro atoms. The lowest BCUT2D eigenvalue weighted by molar-refractivity contribution is -0.122. The van der Waals surface area contributed by atoms with E-state index >= 15 is 0 Å². The van der Waals surface area contributed by atoms with E-state index in [-0.39, 0.29) is 35.8 Å². The largest absolute Gasteiger partial charge is 0.351 e. The molecule has 0 saturated carbocycles. The minimum absolute atomic E-state index is 0.0141. The number of Topliss-reactive ketones (excluding diaryl/α,β-unsaturated/α-hetero) is 1. The molecule has 0 saturated heterocycles. The highest BCUT2D eigenvalue weighted by molar-refractivity contribution is 9.10. The molecule has 0 aliphatic carbocycles. The van der Waals surface area contributed by atoms with Crippen LogP contribution in [0.25, 0.3) is 10.9 Å². The monoisotopic (exact) mass is 521 g/mol. The summed E-state index contributed by atoms with van der Waals surface area (Å²) in [4.78, 5) is 26.6. The standard InChI is InChI=1S/C24H26BrClFN3O2/c1-15(2)29(14-23(32)28-12-17-5-4-6-21(26)24(17)27)9-10-30-13-20(16(3)31)19-11-18(25)7-8-22(19)30/h4-8,11,13,15H,9-10,12,14H2,1-3H3,(H,28,32). The van der Waals surface area contributed by atoms with Crippen molar-refractivity contribution in [3.63, 3.8) is 0 Å². The van der Waals surface area contributed by atoms with Gasteiger partial charge in [0.2, 0.25) is 5.91 Å². The quantitative estimate of drug-likeness (QED) is 0.382. The predicted molar refractivity (Wildman–Crippen MR) is 130 cm³/mol. The number of hydrogen-bond donors (Lipinski definition) is 1. The third kappa shape index (κ3) is 5.77. The number of halogens is 3. The number of aromatic nitrogens is 1. The van der Waals surface area contributed by atoms with Gasteiger partial charge in [0, 0.05) is 58.4 Å². The second kappa shape index (κ2) is 10.6. The third-order valence-electron chi connectivity index (χ3n) is 5.44. The van der Waals surface area contributed by atoms with Gasteiger partial charge in [-0.3, -0.25) is 14.5 Å². The molecule has 5 nitrogen and oxygen atoms in total. The molecule has 0 unspecified atom stereocenters. The first-order valence-electron chi connectivity index (χ1n) is 10.4. The summed E-state index contributed by atoms with van der Waals surface area (Å²) in [6.45, 7) is 7.12. The highest BCUT2D eigenvalue weighted by atomic mass is 79.9. The molecule has 2 aromatic carbocycles. The average molecular weight is 523 g/mol. The molecule has 0 radical (unpaired) electrons. The van der Waals surface area contributed by atoms with E-state index in [0.29, 0.717) is 24.2 Å². The summed E-state index contributed by atoms with van der Waals surface area (Å²) in [5.74, 6) is -0.688. The van der Waals surface area contributed by atoms with Crippen LogP contribution >= 0.6 is 27.5 Å². The van der Waals surface area contributed by atoms with Gasteiger partial charge in [0.15, 0.2) is 5.78 Å². The Bertz CT molecular complexity index is 1150. The van der Waals surface area contributed by atoms with Crippen molar-refractivity contribution in [2.45, 2.75) is 39.9 Å². The van der Waals surface area contributed by atoms with Gasteiger partial charge in [-0.05, 0) is 45.0 Å². The first kappa shape index (κ1) is 24.4. The van der Waals surface area contributed by atoms with Crippen molar-refractivity contribution in [3.05, 3.63) is 69.0 Å². The molecular formula is C24H26BrClFN3O2. The maximum Gasteiger partial charge on any atom is 0.234 e. The number of carbonyl (C=O) groups excluding carboxylic acids is 2. The highest BCUT2D eigenvalue weighted by Gasteiger charge is 2.17. The molecule has 0 aliphatic rings. The fraction of sp³-hybridized carbons (Fsp3) is 0.333. The lowest BCUT2D eigenvalue weighted by Crippen LogP contribution is -2.42. The third-order valence-corrected chi connectivity index (χ3v) is 6.22. The molecule has 0 bridgehead atoms. The number of amides is 1. The van der Waals surface area contributed by atoms with Gasteiger partial charge in [-0.1, -0.05) is 39.7 Å². The fourth-order valence-electron chi connectivity index (χ4n) is 3.61. The lowest BCUT2D eigenvalue weighted by atomic mass is 10.1. The summed E-state index contributed by atoms with van der Waals surface area (Å²) in [5.41, 5.74) is 2.00. The second-order valence-corrected chi connectivity index (χ2v) is 9.33.